The molecular weight excluding hydrogens is 254 g/mol. The Hall–Kier alpha value is -1.39. The fraction of sp³-hybridized carbons (Fsp3) is 0.562. The molecule has 1 aromatic carbocycles. The highest BCUT2D eigenvalue weighted by atomic mass is 16.6. The highest BCUT2D eigenvalue weighted by Crippen LogP contribution is 2.64. The molecule has 4 fully saturated rings. The monoisotopic (exact) mass is 271 g/mol. The van der Waals surface area contributed by atoms with Crippen molar-refractivity contribution in [3.63, 3.8) is 0 Å². The van der Waals surface area contributed by atoms with Crippen LogP contribution >= 0.6 is 0 Å². The van der Waals surface area contributed by atoms with Crippen LogP contribution in [-0.2, 0) is 16.1 Å². The summed E-state index contributed by atoms with van der Waals surface area (Å²) < 4.78 is 5.64. The number of benzene rings is 1. The van der Waals surface area contributed by atoms with Gasteiger partial charge >= 0.3 is 0 Å². The summed E-state index contributed by atoms with van der Waals surface area (Å²) in [5.74, 6) is 0.989. The lowest BCUT2D eigenvalue weighted by Gasteiger charge is -2.26. The predicted molar refractivity (Wildman–Crippen MR) is 70.2 cm³/mol. The fourth-order valence-corrected chi connectivity index (χ4v) is 4.92. The van der Waals surface area contributed by atoms with E-state index in [1.165, 1.54) is 0 Å². The van der Waals surface area contributed by atoms with Gasteiger partial charge in [0.1, 0.15) is 6.23 Å². The minimum atomic E-state index is -0.632. The van der Waals surface area contributed by atoms with E-state index >= 15 is 0 Å². The summed E-state index contributed by atoms with van der Waals surface area (Å²) in [6.07, 6.45) is 1.09. The van der Waals surface area contributed by atoms with Crippen LogP contribution in [0.2, 0.25) is 0 Å². The van der Waals surface area contributed by atoms with Crippen LogP contribution in [0.25, 0.3) is 0 Å². The quantitative estimate of drug-likeness (QED) is 0.816. The summed E-state index contributed by atoms with van der Waals surface area (Å²) in [6, 6.07) is 9.91. The second kappa shape index (κ2) is 3.62. The molecule has 5 rings (SSSR count). The Balaban J connectivity index is 1.44. The van der Waals surface area contributed by atoms with Crippen molar-refractivity contribution in [1.82, 2.24) is 4.90 Å². The van der Waals surface area contributed by atoms with Crippen LogP contribution in [0.5, 0.6) is 0 Å². The van der Waals surface area contributed by atoms with E-state index < -0.39 is 6.23 Å². The van der Waals surface area contributed by atoms with E-state index in [1.54, 1.807) is 4.90 Å². The van der Waals surface area contributed by atoms with Gasteiger partial charge in [0.2, 0.25) is 5.91 Å². The zero-order valence-electron chi connectivity index (χ0n) is 11.1. The number of aliphatic hydroxyl groups excluding tert-OH is 1. The van der Waals surface area contributed by atoms with Crippen molar-refractivity contribution in [3.8, 4) is 0 Å². The lowest BCUT2D eigenvalue weighted by atomic mass is 9.81. The van der Waals surface area contributed by atoms with Gasteiger partial charge < -0.3 is 14.7 Å². The summed E-state index contributed by atoms with van der Waals surface area (Å²) in [6.45, 7) is 0.517. The first kappa shape index (κ1) is 11.3. The molecule has 20 heavy (non-hydrogen) atoms. The lowest BCUT2D eigenvalue weighted by molar-refractivity contribution is -0.138. The molecule has 6 unspecified atom stereocenters. The van der Waals surface area contributed by atoms with Gasteiger partial charge in [0.15, 0.2) is 0 Å². The van der Waals surface area contributed by atoms with Gasteiger partial charge in [0.05, 0.1) is 18.1 Å². The van der Waals surface area contributed by atoms with Gasteiger partial charge in [-0.2, -0.15) is 0 Å². The van der Waals surface area contributed by atoms with Crippen LogP contribution in [-0.4, -0.2) is 34.3 Å². The van der Waals surface area contributed by atoms with Gasteiger partial charge in [-0.15, -0.1) is 0 Å². The molecule has 0 aromatic heterocycles. The molecule has 2 saturated carbocycles. The second-order valence-corrected chi connectivity index (χ2v) is 6.60. The van der Waals surface area contributed by atoms with Crippen molar-refractivity contribution in [2.75, 3.05) is 0 Å². The number of ether oxygens (including phenoxy) is 1. The average molecular weight is 271 g/mol. The van der Waals surface area contributed by atoms with Gasteiger partial charge in [0.25, 0.3) is 0 Å². The smallest absolute Gasteiger partial charge is 0.228 e. The molecular formula is C16H17NO3. The lowest BCUT2D eigenvalue weighted by Crippen LogP contribution is -2.37. The number of hydrogen-bond acceptors (Lipinski definition) is 3. The summed E-state index contributed by atoms with van der Waals surface area (Å²) >= 11 is 0. The summed E-state index contributed by atoms with van der Waals surface area (Å²) in [4.78, 5) is 14.3. The number of rotatable bonds is 2. The SMILES string of the molecule is O=C1C2C3CC(C4OC34)C2[C@H](O)N1Cc1ccccc1. The minimum absolute atomic E-state index is 0.00228. The van der Waals surface area contributed by atoms with Crippen LogP contribution in [0.1, 0.15) is 12.0 Å². The molecule has 4 nitrogen and oxygen atoms in total. The molecule has 4 heteroatoms. The highest BCUT2D eigenvalue weighted by molar-refractivity contribution is 5.83. The molecule has 2 bridgehead atoms. The first-order chi connectivity index (χ1) is 9.75. The molecule has 2 aliphatic heterocycles. The average Bonchev–Trinajstić information content (AvgIpc) is 3.01. The number of likely N-dealkylation sites (tertiary alicyclic amines) is 1. The summed E-state index contributed by atoms with van der Waals surface area (Å²) in [5, 5.41) is 10.6. The fourth-order valence-electron chi connectivity index (χ4n) is 4.92. The Kier molecular flexibility index (Phi) is 2.05. The van der Waals surface area contributed by atoms with E-state index in [0.29, 0.717) is 30.6 Å². The third kappa shape index (κ3) is 1.26. The van der Waals surface area contributed by atoms with Crippen molar-refractivity contribution < 1.29 is 14.6 Å². The molecule has 2 aliphatic carbocycles. The van der Waals surface area contributed by atoms with Gasteiger partial charge in [-0.3, -0.25) is 4.79 Å². The Morgan fingerprint density at radius 3 is 2.75 bits per heavy atom. The number of amides is 1. The normalized spacial score (nSPS) is 47.5. The largest absolute Gasteiger partial charge is 0.373 e. The number of fused-ring (bicyclic) bond motifs is 8. The molecule has 0 spiro atoms. The number of hydrogen-bond donors (Lipinski definition) is 1. The number of carbonyl (C=O) groups is 1. The van der Waals surface area contributed by atoms with E-state index in [2.05, 4.69) is 0 Å². The van der Waals surface area contributed by atoms with Crippen LogP contribution in [0.3, 0.4) is 0 Å². The van der Waals surface area contributed by atoms with Crippen LogP contribution in [0.15, 0.2) is 30.3 Å². The van der Waals surface area contributed by atoms with E-state index in [1.807, 2.05) is 30.3 Å². The predicted octanol–water partition coefficient (Wildman–Crippen LogP) is 0.997. The maximum absolute atomic E-state index is 12.7. The van der Waals surface area contributed by atoms with Crippen molar-refractivity contribution >= 4 is 5.91 Å². The molecule has 4 aliphatic rings. The van der Waals surface area contributed by atoms with Gasteiger partial charge in [-0.1, -0.05) is 30.3 Å². The Labute approximate surface area is 117 Å². The Bertz CT molecular complexity index is 574. The number of epoxide rings is 1. The molecule has 104 valence electrons. The van der Waals surface area contributed by atoms with Gasteiger partial charge in [0, 0.05) is 18.4 Å². The first-order valence-corrected chi connectivity index (χ1v) is 7.43. The molecule has 0 radical (unpaired) electrons. The molecule has 2 heterocycles. The van der Waals surface area contributed by atoms with Crippen molar-refractivity contribution in [2.24, 2.45) is 23.7 Å². The second-order valence-electron chi connectivity index (χ2n) is 6.60. The van der Waals surface area contributed by atoms with Crippen molar-refractivity contribution in [1.29, 1.82) is 0 Å². The van der Waals surface area contributed by atoms with E-state index in [9.17, 15) is 9.90 Å². The summed E-state index contributed by atoms with van der Waals surface area (Å²) in [7, 11) is 0. The Morgan fingerprint density at radius 2 is 1.95 bits per heavy atom. The van der Waals surface area contributed by atoms with E-state index in [4.69, 9.17) is 4.74 Å². The minimum Gasteiger partial charge on any atom is -0.373 e. The zero-order chi connectivity index (χ0) is 13.4. The highest BCUT2D eigenvalue weighted by Gasteiger charge is 2.73. The molecule has 7 atom stereocenters. The first-order valence-electron chi connectivity index (χ1n) is 7.43. The molecule has 1 N–H and O–H groups in total. The maximum atomic E-state index is 12.7. The zero-order valence-corrected chi connectivity index (χ0v) is 11.1. The van der Waals surface area contributed by atoms with Crippen LogP contribution < -0.4 is 0 Å². The Morgan fingerprint density at radius 1 is 1.20 bits per heavy atom. The molecule has 2 saturated heterocycles. The molecule has 1 aromatic rings. The van der Waals surface area contributed by atoms with Crippen LogP contribution in [0, 0.1) is 23.7 Å². The topological polar surface area (TPSA) is 53.1 Å². The van der Waals surface area contributed by atoms with Crippen molar-refractivity contribution in [3.05, 3.63) is 35.9 Å². The number of carbonyl (C=O) groups excluding carboxylic acids is 1. The van der Waals surface area contributed by atoms with E-state index in [0.717, 1.165) is 12.0 Å². The number of aliphatic hydroxyl groups is 1. The third-order valence-corrected chi connectivity index (χ3v) is 5.75. The number of nitrogens with zero attached hydrogens (tertiary/aromatic N) is 1. The standard InChI is InChI=1S/C16H17NO3/c18-15-11-9-6-10(14-13(9)20-14)12(11)16(19)17(15)7-8-4-2-1-3-5-8/h1-5,9-15,18H,6-7H2/t9?,10?,11?,12?,13?,14?,15-/m0/s1. The van der Waals surface area contributed by atoms with Crippen molar-refractivity contribution in [2.45, 2.75) is 31.4 Å². The third-order valence-electron chi connectivity index (χ3n) is 5.75. The summed E-state index contributed by atoms with van der Waals surface area (Å²) in [5.41, 5.74) is 1.08. The van der Waals surface area contributed by atoms with E-state index in [-0.39, 0.29) is 17.7 Å². The molecule has 1 amide bonds. The maximum Gasteiger partial charge on any atom is 0.228 e. The van der Waals surface area contributed by atoms with Gasteiger partial charge in [-0.05, 0) is 17.9 Å². The van der Waals surface area contributed by atoms with Gasteiger partial charge in [-0.25, -0.2) is 0 Å². The van der Waals surface area contributed by atoms with Crippen LogP contribution in [0.4, 0.5) is 0 Å².